The summed E-state index contributed by atoms with van der Waals surface area (Å²) in [5.74, 6) is 0.999. The van der Waals surface area contributed by atoms with Gasteiger partial charge in [0, 0.05) is 19.0 Å². The highest BCUT2D eigenvalue weighted by atomic mass is 35.5. The van der Waals surface area contributed by atoms with Crippen molar-refractivity contribution >= 4 is 17.5 Å². The Morgan fingerprint density at radius 2 is 2.03 bits per heavy atom. The summed E-state index contributed by atoms with van der Waals surface area (Å²) in [5, 5.41) is 6.10. The van der Waals surface area contributed by atoms with E-state index in [0.717, 1.165) is 29.7 Å². The van der Waals surface area contributed by atoms with Crippen molar-refractivity contribution in [1.29, 1.82) is 0 Å². The van der Waals surface area contributed by atoms with Crippen LogP contribution in [0.1, 0.15) is 64.0 Å². The fourth-order valence-electron chi connectivity index (χ4n) is 3.66. The van der Waals surface area contributed by atoms with E-state index in [1.807, 2.05) is 32.0 Å². The fraction of sp³-hybridized carbons (Fsp3) is 0.417. The molecule has 1 aromatic carbocycles. The van der Waals surface area contributed by atoms with E-state index in [4.69, 9.17) is 20.8 Å². The van der Waals surface area contributed by atoms with E-state index in [0.29, 0.717) is 17.9 Å². The summed E-state index contributed by atoms with van der Waals surface area (Å²) in [7, 11) is 0. The van der Waals surface area contributed by atoms with E-state index in [-0.39, 0.29) is 36.4 Å². The lowest BCUT2D eigenvalue weighted by Gasteiger charge is -2.09. The molecule has 0 radical (unpaired) electrons. The summed E-state index contributed by atoms with van der Waals surface area (Å²) in [5.41, 5.74) is 1.46. The van der Waals surface area contributed by atoms with Gasteiger partial charge in [0.15, 0.2) is 11.5 Å². The third-order valence-electron chi connectivity index (χ3n) is 5.60. The summed E-state index contributed by atoms with van der Waals surface area (Å²) in [6.07, 6.45) is -2.61. The molecule has 1 aliphatic rings. The van der Waals surface area contributed by atoms with Crippen molar-refractivity contribution in [2.45, 2.75) is 58.4 Å². The second-order valence-electron chi connectivity index (χ2n) is 8.48. The molecule has 2 heterocycles. The Balaban J connectivity index is 1.28. The minimum atomic E-state index is -4.60. The first-order valence-corrected chi connectivity index (χ1v) is 11.4. The van der Waals surface area contributed by atoms with Gasteiger partial charge in [0.05, 0.1) is 10.7 Å². The topological polar surface area (TPSA) is 69.3 Å². The Morgan fingerprint density at radius 1 is 1.26 bits per heavy atom. The van der Waals surface area contributed by atoms with Gasteiger partial charge >= 0.3 is 6.18 Å². The van der Waals surface area contributed by atoms with Gasteiger partial charge in [-0.15, -0.1) is 0 Å². The number of amides is 1. The average molecular weight is 496 g/mol. The summed E-state index contributed by atoms with van der Waals surface area (Å²) in [6, 6.07) is 9.14. The predicted octanol–water partition coefficient (Wildman–Crippen LogP) is 6.04. The molecule has 2 aromatic heterocycles. The van der Waals surface area contributed by atoms with Gasteiger partial charge in [0.2, 0.25) is 0 Å². The zero-order valence-electron chi connectivity index (χ0n) is 18.8. The van der Waals surface area contributed by atoms with E-state index >= 15 is 0 Å². The van der Waals surface area contributed by atoms with Crippen molar-refractivity contribution in [3.05, 3.63) is 69.4 Å². The highest BCUT2D eigenvalue weighted by molar-refractivity contribution is 6.32. The maximum Gasteiger partial charge on any atom is 0.436 e. The molecule has 10 heteroatoms. The molecule has 1 fully saturated rings. The minimum Gasteiger partial charge on any atom is -0.485 e. The van der Waals surface area contributed by atoms with Gasteiger partial charge in [-0.05, 0) is 62.4 Å². The van der Waals surface area contributed by atoms with Gasteiger partial charge in [-0.1, -0.05) is 23.7 Å². The zero-order chi connectivity index (χ0) is 24.5. The second-order valence-corrected chi connectivity index (χ2v) is 8.85. The average Bonchev–Trinajstić information content (AvgIpc) is 3.38. The second kappa shape index (κ2) is 9.74. The van der Waals surface area contributed by atoms with Crippen LogP contribution in [0.3, 0.4) is 0 Å². The Morgan fingerprint density at radius 3 is 2.74 bits per heavy atom. The van der Waals surface area contributed by atoms with Crippen LogP contribution in [0.4, 0.5) is 13.2 Å². The molecule has 182 valence electrons. The fourth-order valence-corrected chi connectivity index (χ4v) is 4.06. The molecule has 6 nitrogen and oxygen atoms in total. The van der Waals surface area contributed by atoms with Crippen molar-refractivity contribution in [1.82, 2.24) is 15.1 Å². The number of alkyl halides is 3. The number of aryl methyl sites for hydroxylation is 3. The molecule has 0 aliphatic heterocycles. The van der Waals surface area contributed by atoms with E-state index in [9.17, 15) is 18.0 Å². The zero-order valence-corrected chi connectivity index (χ0v) is 19.6. The van der Waals surface area contributed by atoms with Crippen molar-refractivity contribution < 1.29 is 27.1 Å². The number of hydrogen-bond donors (Lipinski definition) is 1. The Kier molecular flexibility index (Phi) is 6.93. The van der Waals surface area contributed by atoms with Gasteiger partial charge in [0.1, 0.15) is 18.1 Å². The summed E-state index contributed by atoms with van der Waals surface area (Å²) >= 11 is 5.98. The van der Waals surface area contributed by atoms with Crippen molar-refractivity contribution in [2.24, 2.45) is 0 Å². The first-order chi connectivity index (χ1) is 16.1. The molecule has 1 aliphatic carbocycles. The van der Waals surface area contributed by atoms with Gasteiger partial charge < -0.3 is 14.5 Å². The molecule has 4 rings (SSSR count). The maximum absolute atomic E-state index is 13.2. The van der Waals surface area contributed by atoms with Gasteiger partial charge in [0.25, 0.3) is 5.91 Å². The third-order valence-corrected chi connectivity index (χ3v) is 5.97. The van der Waals surface area contributed by atoms with Gasteiger partial charge in [-0.3, -0.25) is 9.48 Å². The Bertz CT molecular complexity index is 1180. The number of carbonyl (C=O) groups is 1. The number of nitrogens with one attached hydrogen (secondary N) is 1. The van der Waals surface area contributed by atoms with Crippen molar-refractivity contribution in [3.8, 4) is 5.75 Å². The third kappa shape index (κ3) is 5.58. The number of furan rings is 1. The van der Waals surface area contributed by atoms with Gasteiger partial charge in [-0.25, -0.2) is 0 Å². The lowest BCUT2D eigenvalue weighted by molar-refractivity contribution is -0.141. The standard InChI is InChI=1S/C24H25ClF3N3O3/c1-14-4-5-15(2)19(12-14)33-13-17-8-9-18(34-17)23(32)29-10-3-11-31-21(16-6-7-16)20(25)22(30-31)24(26,27)28/h4-5,8-9,12,16H,3,6-7,10-11,13H2,1-2H3,(H,29,32). The van der Waals surface area contributed by atoms with E-state index in [1.165, 1.54) is 4.68 Å². The van der Waals surface area contributed by atoms with Crippen LogP contribution in [0.25, 0.3) is 0 Å². The normalized spacial score (nSPS) is 13.8. The molecule has 0 saturated heterocycles. The van der Waals surface area contributed by atoms with Crippen molar-refractivity contribution in [3.63, 3.8) is 0 Å². The minimum absolute atomic E-state index is 0.0121. The maximum atomic E-state index is 13.2. The number of halogens is 4. The smallest absolute Gasteiger partial charge is 0.436 e. The number of hydrogen-bond acceptors (Lipinski definition) is 4. The highest BCUT2D eigenvalue weighted by Gasteiger charge is 2.41. The van der Waals surface area contributed by atoms with Crippen LogP contribution in [0.2, 0.25) is 5.02 Å². The molecule has 0 bridgehead atoms. The van der Waals surface area contributed by atoms with Crippen LogP contribution in [0.15, 0.2) is 34.7 Å². The molecule has 1 saturated carbocycles. The van der Waals surface area contributed by atoms with Crippen LogP contribution >= 0.6 is 11.6 Å². The Hall–Kier alpha value is -2.94. The number of rotatable bonds is 9. The SMILES string of the molecule is Cc1ccc(C)c(OCc2ccc(C(=O)NCCCn3nc(C(F)(F)F)c(Cl)c3C3CC3)o2)c1. The molecule has 0 atom stereocenters. The van der Waals surface area contributed by atoms with Gasteiger partial charge in [-0.2, -0.15) is 18.3 Å². The number of carbonyl (C=O) groups excluding carboxylic acids is 1. The highest BCUT2D eigenvalue weighted by Crippen LogP contribution is 2.46. The molecular formula is C24H25ClF3N3O3. The van der Waals surface area contributed by atoms with Crippen LogP contribution < -0.4 is 10.1 Å². The summed E-state index contributed by atoms with van der Waals surface area (Å²) < 4.78 is 52.2. The van der Waals surface area contributed by atoms with E-state index in [2.05, 4.69) is 10.4 Å². The molecule has 34 heavy (non-hydrogen) atoms. The molecular weight excluding hydrogens is 471 g/mol. The molecule has 1 N–H and O–H groups in total. The summed E-state index contributed by atoms with van der Waals surface area (Å²) in [4.78, 5) is 12.4. The lowest BCUT2D eigenvalue weighted by Crippen LogP contribution is -2.25. The van der Waals surface area contributed by atoms with Crippen molar-refractivity contribution in [2.75, 3.05) is 6.54 Å². The first kappa shape index (κ1) is 24.2. The quantitative estimate of drug-likeness (QED) is 0.367. The van der Waals surface area contributed by atoms with Crippen LogP contribution in [0.5, 0.6) is 5.75 Å². The van der Waals surface area contributed by atoms with E-state index < -0.39 is 17.8 Å². The Labute approximate surface area is 200 Å². The largest absolute Gasteiger partial charge is 0.485 e. The number of benzene rings is 1. The number of ether oxygens (including phenoxy) is 1. The molecule has 0 spiro atoms. The summed E-state index contributed by atoms with van der Waals surface area (Å²) in [6.45, 7) is 4.57. The number of nitrogens with zero attached hydrogens (tertiary/aromatic N) is 2. The molecule has 3 aromatic rings. The van der Waals surface area contributed by atoms with Crippen LogP contribution in [-0.4, -0.2) is 22.2 Å². The first-order valence-electron chi connectivity index (χ1n) is 11.0. The molecule has 0 unspecified atom stereocenters. The number of aromatic nitrogens is 2. The van der Waals surface area contributed by atoms with Crippen LogP contribution in [-0.2, 0) is 19.3 Å². The lowest BCUT2D eigenvalue weighted by atomic mass is 10.1. The van der Waals surface area contributed by atoms with Crippen LogP contribution in [0, 0.1) is 13.8 Å². The van der Waals surface area contributed by atoms with E-state index in [1.54, 1.807) is 12.1 Å². The predicted molar refractivity (Wildman–Crippen MR) is 120 cm³/mol. The molecule has 1 amide bonds. The monoisotopic (exact) mass is 495 g/mol.